The van der Waals surface area contributed by atoms with Crippen molar-refractivity contribution in [2.75, 3.05) is 0 Å². The van der Waals surface area contributed by atoms with E-state index in [0.717, 1.165) is 22.3 Å². The van der Waals surface area contributed by atoms with Gasteiger partial charge < -0.3 is 10.1 Å². The molecule has 0 aliphatic carbocycles. The number of fused-ring (bicyclic) bond motifs is 1. The minimum absolute atomic E-state index is 0.240. The number of thioether (sulfide) groups is 1. The van der Waals surface area contributed by atoms with E-state index in [-0.39, 0.29) is 10.4 Å². The number of aromatic amines is 1. The molecule has 0 aromatic carbocycles. The van der Waals surface area contributed by atoms with Crippen LogP contribution in [0.1, 0.15) is 20.8 Å². The molecule has 6 nitrogen and oxygen atoms in total. The van der Waals surface area contributed by atoms with E-state index in [4.69, 9.17) is 0 Å². The molecule has 2 N–H and O–H groups in total. The lowest BCUT2D eigenvalue weighted by Gasteiger charge is -2.03. The van der Waals surface area contributed by atoms with Crippen LogP contribution in [-0.4, -0.2) is 26.0 Å². The van der Waals surface area contributed by atoms with Gasteiger partial charge in [0.05, 0.1) is 0 Å². The summed E-state index contributed by atoms with van der Waals surface area (Å²) in [7, 11) is 0. The fraction of sp³-hybridized carbons (Fsp3) is 0.143. The van der Waals surface area contributed by atoms with Gasteiger partial charge in [0, 0.05) is 29.6 Å². The lowest BCUT2D eigenvalue weighted by Crippen LogP contribution is -2.05. The van der Waals surface area contributed by atoms with E-state index in [2.05, 4.69) is 15.0 Å². The highest BCUT2D eigenvalue weighted by Gasteiger charge is 2.18. The molecule has 0 aliphatic heterocycles. The molecular formula is C14H11N3O3S2. The molecule has 0 spiro atoms. The number of carboxylic acid groups (broad SMARTS) is 1. The largest absolute Gasteiger partial charge is 0.477 e. The summed E-state index contributed by atoms with van der Waals surface area (Å²) >= 11 is 2.49. The molecule has 0 amide bonds. The second kappa shape index (κ2) is 5.90. The Morgan fingerprint density at radius 2 is 2.14 bits per heavy atom. The molecule has 0 fully saturated rings. The number of rotatable bonds is 4. The number of hydrogen-bond donors (Lipinski definition) is 2. The Labute approximate surface area is 133 Å². The molecule has 0 bridgehead atoms. The topological polar surface area (TPSA) is 95.9 Å². The molecule has 3 heterocycles. The molecule has 112 valence electrons. The average molecular weight is 333 g/mol. The van der Waals surface area contributed by atoms with Gasteiger partial charge in [0.25, 0.3) is 0 Å². The normalized spacial score (nSPS) is 11.0. The van der Waals surface area contributed by atoms with Crippen LogP contribution in [0.3, 0.4) is 0 Å². The van der Waals surface area contributed by atoms with E-state index in [1.807, 2.05) is 0 Å². The molecule has 3 rings (SSSR count). The number of nitrogens with one attached hydrogen (secondary N) is 1. The first-order valence-electron chi connectivity index (χ1n) is 6.34. The summed E-state index contributed by atoms with van der Waals surface area (Å²) in [6.45, 7) is 1.76. The maximum atomic E-state index is 11.8. The summed E-state index contributed by atoms with van der Waals surface area (Å²) in [6, 6.07) is 3.24. The van der Waals surface area contributed by atoms with Crippen molar-refractivity contribution in [2.24, 2.45) is 0 Å². The summed E-state index contributed by atoms with van der Waals surface area (Å²) in [4.78, 5) is 34.8. The zero-order chi connectivity index (χ0) is 15.7. The number of aromatic carboxylic acids is 1. The van der Waals surface area contributed by atoms with Crippen molar-refractivity contribution in [3.05, 3.63) is 50.9 Å². The van der Waals surface area contributed by atoms with Crippen molar-refractivity contribution in [2.45, 2.75) is 17.8 Å². The quantitative estimate of drug-likeness (QED) is 0.563. The van der Waals surface area contributed by atoms with Crippen molar-refractivity contribution in [3.63, 3.8) is 0 Å². The van der Waals surface area contributed by atoms with Crippen LogP contribution in [0.5, 0.6) is 0 Å². The van der Waals surface area contributed by atoms with Crippen molar-refractivity contribution in [1.29, 1.82) is 0 Å². The Morgan fingerprint density at radius 3 is 2.82 bits per heavy atom. The predicted octanol–water partition coefficient (Wildman–Crippen LogP) is 2.68. The first-order valence-corrected chi connectivity index (χ1v) is 8.15. The second-order valence-electron chi connectivity index (χ2n) is 4.54. The van der Waals surface area contributed by atoms with Gasteiger partial charge in [0.1, 0.15) is 9.71 Å². The third-order valence-corrected chi connectivity index (χ3v) is 5.22. The number of pyridine rings is 1. The number of H-pyrrole nitrogens is 1. The van der Waals surface area contributed by atoms with Crippen LogP contribution in [-0.2, 0) is 5.75 Å². The fourth-order valence-corrected chi connectivity index (χ4v) is 4.05. The molecule has 3 aromatic rings. The van der Waals surface area contributed by atoms with Crippen molar-refractivity contribution < 1.29 is 9.90 Å². The zero-order valence-corrected chi connectivity index (χ0v) is 13.1. The number of aromatic nitrogens is 3. The van der Waals surface area contributed by atoms with Crippen LogP contribution >= 0.6 is 23.1 Å². The number of aryl methyl sites for hydroxylation is 1. The summed E-state index contributed by atoms with van der Waals surface area (Å²) in [5.74, 6) is -0.481. The molecule has 0 aliphatic rings. The Bertz CT molecular complexity index is 903. The molecular weight excluding hydrogens is 322 g/mol. The summed E-state index contributed by atoms with van der Waals surface area (Å²) in [6.07, 6.45) is 3.31. The molecule has 3 aromatic heterocycles. The molecule has 0 radical (unpaired) electrons. The third-order valence-electron chi connectivity index (χ3n) is 3.10. The van der Waals surface area contributed by atoms with E-state index in [1.54, 1.807) is 25.4 Å². The van der Waals surface area contributed by atoms with E-state index in [9.17, 15) is 14.7 Å². The van der Waals surface area contributed by atoms with E-state index >= 15 is 0 Å². The van der Waals surface area contributed by atoms with Gasteiger partial charge in [-0.15, -0.1) is 11.3 Å². The number of carbonyl (C=O) groups is 1. The monoisotopic (exact) mass is 333 g/mol. The fourth-order valence-electron chi connectivity index (χ4n) is 2.19. The van der Waals surface area contributed by atoms with Crippen LogP contribution in [0.2, 0.25) is 0 Å². The van der Waals surface area contributed by atoms with Crippen molar-refractivity contribution >= 4 is 39.3 Å². The Balaban J connectivity index is 2.05. The average Bonchev–Trinajstić information content (AvgIpc) is 2.83. The van der Waals surface area contributed by atoms with Gasteiger partial charge in [-0.1, -0.05) is 11.8 Å². The minimum Gasteiger partial charge on any atom is -0.477 e. The van der Waals surface area contributed by atoms with Crippen LogP contribution in [0, 0.1) is 6.92 Å². The van der Waals surface area contributed by atoms with E-state index in [1.165, 1.54) is 17.8 Å². The second-order valence-corrected chi connectivity index (χ2v) is 6.51. The number of carboxylic acids is 1. The maximum absolute atomic E-state index is 11.8. The molecule has 0 atom stereocenters. The van der Waals surface area contributed by atoms with Crippen LogP contribution in [0.15, 0.2) is 34.5 Å². The van der Waals surface area contributed by atoms with Gasteiger partial charge in [0.15, 0.2) is 5.16 Å². The zero-order valence-electron chi connectivity index (χ0n) is 11.5. The van der Waals surface area contributed by atoms with E-state index < -0.39 is 5.97 Å². The first kappa shape index (κ1) is 14.7. The first-order chi connectivity index (χ1) is 10.6. The van der Waals surface area contributed by atoms with Gasteiger partial charge in [-0.2, -0.15) is 0 Å². The number of nitrogens with zero attached hydrogens (tertiary/aromatic N) is 2. The van der Waals surface area contributed by atoms with Gasteiger partial charge in [0.2, 0.25) is 5.56 Å². The van der Waals surface area contributed by atoms with Gasteiger partial charge in [-0.05, 0) is 24.1 Å². The smallest absolute Gasteiger partial charge is 0.346 e. The highest BCUT2D eigenvalue weighted by molar-refractivity contribution is 7.98. The number of thiophene rings is 1. The standard InChI is InChI=1S/C14H11N3O3S2/c1-7-10-8(6-21-14-15-3-2-4-16-14)5-9(18)17-12(10)22-11(7)13(19)20/h2-5H,6H2,1H3,(H,17,18)(H,19,20). The Morgan fingerprint density at radius 1 is 1.41 bits per heavy atom. The van der Waals surface area contributed by atoms with E-state index in [0.29, 0.717) is 21.3 Å². The lowest BCUT2D eigenvalue weighted by molar-refractivity contribution is 0.0701. The molecule has 0 unspecified atom stereocenters. The Hall–Kier alpha value is -2.19. The van der Waals surface area contributed by atoms with Crippen LogP contribution < -0.4 is 5.56 Å². The molecule has 22 heavy (non-hydrogen) atoms. The highest BCUT2D eigenvalue weighted by atomic mass is 32.2. The molecule has 0 saturated carbocycles. The SMILES string of the molecule is Cc1c(C(=O)O)sc2[nH]c(=O)cc(CSc3ncccn3)c12. The molecule has 0 saturated heterocycles. The summed E-state index contributed by atoms with van der Waals surface area (Å²) in [5.41, 5.74) is 1.22. The van der Waals surface area contributed by atoms with Gasteiger partial charge >= 0.3 is 5.97 Å². The lowest BCUT2D eigenvalue weighted by atomic mass is 10.1. The summed E-state index contributed by atoms with van der Waals surface area (Å²) < 4.78 is 0. The number of hydrogen-bond acceptors (Lipinski definition) is 6. The third kappa shape index (κ3) is 2.75. The predicted molar refractivity (Wildman–Crippen MR) is 85.7 cm³/mol. The maximum Gasteiger partial charge on any atom is 0.346 e. The Kier molecular flexibility index (Phi) is 3.95. The van der Waals surface area contributed by atoms with Crippen LogP contribution in [0.4, 0.5) is 0 Å². The van der Waals surface area contributed by atoms with Crippen molar-refractivity contribution in [1.82, 2.24) is 15.0 Å². The van der Waals surface area contributed by atoms with Gasteiger partial charge in [-0.25, -0.2) is 14.8 Å². The summed E-state index contributed by atoms with van der Waals surface area (Å²) in [5, 5.41) is 10.6. The molecule has 8 heteroatoms. The van der Waals surface area contributed by atoms with Gasteiger partial charge in [-0.3, -0.25) is 4.79 Å². The van der Waals surface area contributed by atoms with Crippen molar-refractivity contribution in [3.8, 4) is 0 Å². The highest BCUT2D eigenvalue weighted by Crippen LogP contribution is 2.33. The minimum atomic E-state index is -0.982. The van der Waals surface area contributed by atoms with Crippen LogP contribution in [0.25, 0.3) is 10.2 Å².